The van der Waals surface area contributed by atoms with E-state index in [0.717, 1.165) is 0 Å². The van der Waals surface area contributed by atoms with E-state index in [4.69, 9.17) is 4.74 Å². The lowest BCUT2D eigenvalue weighted by molar-refractivity contribution is 0.229. The number of aromatic nitrogens is 2. The van der Waals surface area contributed by atoms with E-state index in [0.29, 0.717) is 11.0 Å². The molecule has 1 aromatic rings. The average molecular weight is 214 g/mol. The van der Waals surface area contributed by atoms with E-state index in [1.165, 1.54) is 22.4 Å². The second-order valence-electron chi connectivity index (χ2n) is 3.14. The van der Waals surface area contributed by atoms with Crippen molar-refractivity contribution in [2.24, 2.45) is 7.05 Å². The molecule has 0 aliphatic rings. The second kappa shape index (κ2) is 4.50. The van der Waals surface area contributed by atoms with Crippen LogP contribution in [0.25, 0.3) is 0 Å². The maximum atomic E-state index is 11.4. The van der Waals surface area contributed by atoms with Gasteiger partial charge in [0.25, 0.3) is 5.56 Å². The molecule has 0 aromatic carbocycles. The van der Waals surface area contributed by atoms with Gasteiger partial charge in [0.2, 0.25) is 5.88 Å². The zero-order chi connectivity index (χ0) is 10.7. The van der Waals surface area contributed by atoms with Crippen LogP contribution in [0.5, 0.6) is 5.88 Å². The van der Waals surface area contributed by atoms with Gasteiger partial charge in [-0.05, 0) is 20.1 Å². The van der Waals surface area contributed by atoms with Crippen molar-refractivity contribution in [1.29, 1.82) is 0 Å². The van der Waals surface area contributed by atoms with Gasteiger partial charge in [0, 0.05) is 7.05 Å². The molecular weight excluding hydrogens is 200 g/mol. The lowest BCUT2D eigenvalue weighted by atomic mass is 10.5. The Labute approximate surface area is 87.3 Å². The minimum Gasteiger partial charge on any atom is -0.475 e. The Morgan fingerprint density at radius 1 is 1.57 bits per heavy atom. The summed E-state index contributed by atoms with van der Waals surface area (Å²) in [5.74, 6) is 0.396. The number of nitrogens with zero attached hydrogens (tertiary/aromatic N) is 2. The van der Waals surface area contributed by atoms with Crippen LogP contribution in [0.1, 0.15) is 13.8 Å². The fraction of sp³-hybridized carbons (Fsp3) is 0.556. The number of ether oxygens (including phenoxy) is 1. The van der Waals surface area contributed by atoms with Crippen molar-refractivity contribution >= 4 is 11.8 Å². The molecule has 0 unspecified atom stereocenters. The Kier molecular flexibility index (Phi) is 3.57. The van der Waals surface area contributed by atoms with Crippen LogP contribution in [0.15, 0.2) is 16.0 Å². The van der Waals surface area contributed by atoms with E-state index < -0.39 is 0 Å². The maximum Gasteiger partial charge on any atom is 0.257 e. The molecule has 0 fully saturated rings. The quantitative estimate of drug-likeness (QED) is 0.562. The van der Waals surface area contributed by atoms with E-state index >= 15 is 0 Å². The zero-order valence-electron chi connectivity index (χ0n) is 8.77. The summed E-state index contributed by atoms with van der Waals surface area (Å²) >= 11 is 1.42. The molecule has 0 radical (unpaired) electrons. The Balaban J connectivity index is 3.10. The predicted molar refractivity (Wildman–Crippen MR) is 57.0 cm³/mol. The molecule has 0 N–H and O–H groups in total. The number of hydrogen-bond acceptors (Lipinski definition) is 4. The molecule has 0 atom stereocenters. The predicted octanol–water partition coefficient (Wildman–Crippen LogP) is 1.29. The fourth-order valence-corrected chi connectivity index (χ4v) is 1.53. The minimum absolute atomic E-state index is 0.0318. The normalized spacial score (nSPS) is 10.6. The monoisotopic (exact) mass is 214 g/mol. The standard InChI is InChI=1S/C9H14N2O2S/c1-6(2)13-7-5-8(12)11(3)9(10-7)14-4/h5-6H,1-4H3. The third-order valence-electron chi connectivity index (χ3n) is 1.61. The summed E-state index contributed by atoms with van der Waals surface area (Å²) in [4.78, 5) is 15.6. The van der Waals surface area contributed by atoms with Gasteiger partial charge >= 0.3 is 0 Å². The van der Waals surface area contributed by atoms with Crippen molar-refractivity contribution in [2.45, 2.75) is 25.1 Å². The van der Waals surface area contributed by atoms with Crippen molar-refractivity contribution in [2.75, 3.05) is 6.26 Å². The van der Waals surface area contributed by atoms with Crippen LogP contribution in [0.2, 0.25) is 0 Å². The van der Waals surface area contributed by atoms with Crippen LogP contribution in [0, 0.1) is 0 Å². The lowest BCUT2D eigenvalue weighted by Crippen LogP contribution is -2.20. The van der Waals surface area contributed by atoms with E-state index in [1.54, 1.807) is 7.05 Å². The molecule has 0 aliphatic carbocycles. The van der Waals surface area contributed by atoms with Crippen LogP contribution in [-0.2, 0) is 7.05 Å². The minimum atomic E-state index is -0.0972. The van der Waals surface area contributed by atoms with E-state index in [-0.39, 0.29) is 11.7 Å². The van der Waals surface area contributed by atoms with Gasteiger partial charge in [0.15, 0.2) is 5.16 Å². The molecule has 0 spiro atoms. The van der Waals surface area contributed by atoms with Crippen molar-refractivity contribution < 1.29 is 4.74 Å². The van der Waals surface area contributed by atoms with Crippen LogP contribution in [0.3, 0.4) is 0 Å². The molecule has 5 heteroatoms. The first-order valence-electron chi connectivity index (χ1n) is 4.33. The van der Waals surface area contributed by atoms with Crippen LogP contribution in [-0.4, -0.2) is 21.9 Å². The zero-order valence-corrected chi connectivity index (χ0v) is 9.59. The third kappa shape index (κ3) is 2.51. The SMILES string of the molecule is CSc1nc(OC(C)C)cc(=O)n1C. The second-order valence-corrected chi connectivity index (χ2v) is 3.92. The summed E-state index contributed by atoms with van der Waals surface area (Å²) in [6, 6.07) is 1.40. The van der Waals surface area contributed by atoms with Crippen molar-refractivity contribution in [1.82, 2.24) is 9.55 Å². The Bertz CT molecular complexity index is 374. The molecule has 1 aromatic heterocycles. The summed E-state index contributed by atoms with van der Waals surface area (Å²) in [5.41, 5.74) is -0.0972. The van der Waals surface area contributed by atoms with Crippen molar-refractivity contribution in [3.05, 3.63) is 16.4 Å². The van der Waals surface area contributed by atoms with Gasteiger partial charge in [0.05, 0.1) is 12.2 Å². The first kappa shape index (κ1) is 11.1. The third-order valence-corrected chi connectivity index (χ3v) is 2.34. The first-order valence-corrected chi connectivity index (χ1v) is 5.55. The number of hydrogen-bond donors (Lipinski definition) is 0. The first-order chi connectivity index (χ1) is 6.54. The van der Waals surface area contributed by atoms with Gasteiger partial charge in [-0.25, -0.2) is 0 Å². The molecule has 0 amide bonds. The topological polar surface area (TPSA) is 44.1 Å². The van der Waals surface area contributed by atoms with Gasteiger partial charge in [-0.15, -0.1) is 0 Å². The van der Waals surface area contributed by atoms with Gasteiger partial charge in [-0.1, -0.05) is 11.8 Å². The Morgan fingerprint density at radius 2 is 2.21 bits per heavy atom. The molecule has 0 bridgehead atoms. The van der Waals surface area contributed by atoms with E-state index in [2.05, 4.69) is 4.98 Å². The van der Waals surface area contributed by atoms with Crippen molar-refractivity contribution in [3.8, 4) is 5.88 Å². The van der Waals surface area contributed by atoms with Crippen LogP contribution >= 0.6 is 11.8 Å². The highest BCUT2D eigenvalue weighted by molar-refractivity contribution is 7.98. The Hall–Kier alpha value is -0.970. The maximum absolute atomic E-state index is 11.4. The molecule has 1 rings (SSSR count). The molecule has 0 saturated heterocycles. The average Bonchev–Trinajstić information content (AvgIpc) is 2.10. The van der Waals surface area contributed by atoms with Crippen LogP contribution in [0.4, 0.5) is 0 Å². The van der Waals surface area contributed by atoms with Crippen LogP contribution < -0.4 is 10.3 Å². The summed E-state index contributed by atoms with van der Waals surface area (Å²) in [6.45, 7) is 3.80. The summed E-state index contributed by atoms with van der Waals surface area (Å²) < 4.78 is 6.85. The van der Waals surface area contributed by atoms with Gasteiger partial charge in [-0.3, -0.25) is 9.36 Å². The molecule has 0 saturated carbocycles. The van der Waals surface area contributed by atoms with E-state index in [9.17, 15) is 4.79 Å². The summed E-state index contributed by atoms with van der Waals surface area (Å²) in [6.07, 6.45) is 1.91. The summed E-state index contributed by atoms with van der Waals surface area (Å²) in [5, 5.41) is 0.660. The highest BCUT2D eigenvalue weighted by Gasteiger charge is 2.06. The van der Waals surface area contributed by atoms with Gasteiger partial charge in [0.1, 0.15) is 0 Å². The lowest BCUT2D eigenvalue weighted by Gasteiger charge is -2.10. The smallest absolute Gasteiger partial charge is 0.257 e. The molecule has 0 aliphatic heterocycles. The molecule has 14 heavy (non-hydrogen) atoms. The number of rotatable bonds is 3. The summed E-state index contributed by atoms with van der Waals surface area (Å²) in [7, 11) is 1.69. The fourth-order valence-electron chi connectivity index (χ4n) is 0.983. The number of thioether (sulfide) groups is 1. The van der Waals surface area contributed by atoms with Crippen molar-refractivity contribution in [3.63, 3.8) is 0 Å². The van der Waals surface area contributed by atoms with Gasteiger partial charge < -0.3 is 4.74 Å². The van der Waals surface area contributed by atoms with Gasteiger partial charge in [-0.2, -0.15) is 4.98 Å². The highest BCUT2D eigenvalue weighted by atomic mass is 32.2. The molecule has 1 heterocycles. The van der Waals surface area contributed by atoms with E-state index in [1.807, 2.05) is 20.1 Å². The largest absolute Gasteiger partial charge is 0.475 e. The molecule has 78 valence electrons. The highest BCUT2D eigenvalue weighted by Crippen LogP contribution is 2.13. The molecular formula is C9H14N2O2S. The Morgan fingerprint density at radius 3 is 2.71 bits per heavy atom. The molecule has 4 nitrogen and oxygen atoms in total.